The summed E-state index contributed by atoms with van der Waals surface area (Å²) in [7, 11) is 1.46. The number of rotatable bonds is 2. The summed E-state index contributed by atoms with van der Waals surface area (Å²) in [4.78, 5) is 24.0. The van der Waals surface area contributed by atoms with E-state index in [4.69, 9.17) is 14.2 Å². The summed E-state index contributed by atoms with van der Waals surface area (Å²) in [5.74, 6) is -0.311. The monoisotopic (exact) mass is 324 g/mol. The highest BCUT2D eigenvalue weighted by atomic mass is 16.6. The molecule has 5 atom stereocenters. The fourth-order valence-electron chi connectivity index (χ4n) is 5.66. The second-order valence-electron chi connectivity index (χ2n) is 8.36. The molecule has 0 aromatic heterocycles. The highest BCUT2D eigenvalue weighted by Gasteiger charge is 2.69. The van der Waals surface area contributed by atoms with E-state index >= 15 is 0 Å². The third kappa shape index (κ3) is 2.39. The molecule has 1 spiro atoms. The van der Waals surface area contributed by atoms with Gasteiger partial charge in [-0.15, -0.1) is 0 Å². The molecule has 23 heavy (non-hydrogen) atoms. The lowest BCUT2D eigenvalue weighted by molar-refractivity contribution is -0.194. The molecule has 0 unspecified atom stereocenters. The molecule has 0 amide bonds. The van der Waals surface area contributed by atoms with E-state index in [1.54, 1.807) is 0 Å². The van der Waals surface area contributed by atoms with Crippen LogP contribution in [-0.2, 0) is 23.8 Å². The number of esters is 2. The van der Waals surface area contributed by atoms with Crippen LogP contribution in [0.5, 0.6) is 0 Å². The Morgan fingerprint density at radius 3 is 2.30 bits per heavy atom. The molecule has 0 radical (unpaired) electrons. The molecular weight excluding hydrogens is 296 g/mol. The van der Waals surface area contributed by atoms with Gasteiger partial charge in [0.15, 0.2) is 0 Å². The summed E-state index contributed by atoms with van der Waals surface area (Å²) < 4.78 is 16.5. The van der Waals surface area contributed by atoms with Crippen LogP contribution >= 0.6 is 0 Å². The van der Waals surface area contributed by atoms with Crippen LogP contribution in [0.4, 0.5) is 0 Å². The molecule has 1 heterocycles. The van der Waals surface area contributed by atoms with Crippen molar-refractivity contribution in [3.05, 3.63) is 0 Å². The highest BCUT2D eigenvalue weighted by molar-refractivity contribution is 5.76. The maximum absolute atomic E-state index is 12.6. The van der Waals surface area contributed by atoms with Crippen molar-refractivity contribution in [2.24, 2.45) is 22.7 Å². The van der Waals surface area contributed by atoms with Crippen molar-refractivity contribution < 1.29 is 23.8 Å². The molecule has 3 aliphatic rings. The lowest BCUT2D eigenvalue weighted by Crippen LogP contribution is -2.61. The summed E-state index contributed by atoms with van der Waals surface area (Å²) in [5.41, 5.74) is -0.661. The Labute approximate surface area is 138 Å². The number of methoxy groups -OCH3 is 1. The number of carbonyl (C=O) groups excluding carboxylic acids is 2. The van der Waals surface area contributed by atoms with Gasteiger partial charge in [0.25, 0.3) is 0 Å². The minimum Gasteiger partial charge on any atom is -0.469 e. The molecule has 0 N–H and O–H groups in total. The maximum atomic E-state index is 12.6. The van der Waals surface area contributed by atoms with Gasteiger partial charge < -0.3 is 14.2 Å². The number of hydrogen-bond donors (Lipinski definition) is 0. The lowest BCUT2D eigenvalue weighted by Gasteiger charge is -2.59. The van der Waals surface area contributed by atoms with Crippen LogP contribution in [0.15, 0.2) is 0 Å². The minimum atomic E-state index is -0.317. The van der Waals surface area contributed by atoms with Gasteiger partial charge in [-0.3, -0.25) is 9.59 Å². The molecule has 0 aromatic carbocycles. The van der Waals surface area contributed by atoms with Gasteiger partial charge in [-0.1, -0.05) is 20.8 Å². The average Bonchev–Trinajstić information content (AvgIpc) is 3.21. The van der Waals surface area contributed by atoms with Crippen molar-refractivity contribution in [1.29, 1.82) is 0 Å². The molecule has 3 fully saturated rings. The van der Waals surface area contributed by atoms with Crippen molar-refractivity contribution in [3.63, 3.8) is 0 Å². The second kappa shape index (κ2) is 5.20. The van der Waals surface area contributed by atoms with Crippen molar-refractivity contribution in [2.75, 3.05) is 13.7 Å². The van der Waals surface area contributed by atoms with Crippen molar-refractivity contribution in [3.8, 4) is 0 Å². The molecule has 0 aromatic rings. The van der Waals surface area contributed by atoms with Gasteiger partial charge >= 0.3 is 11.9 Å². The Hall–Kier alpha value is -1.10. The van der Waals surface area contributed by atoms with E-state index < -0.39 is 0 Å². The van der Waals surface area contributed by atoms with Crippen LogP contribution in [-0.4, -0.2) is 37.4 Å². The fraction of sp³-hybridized carbons (Fsp3) is 0.889. The predicted molar refractivity (Wildman–Crippen MR) is 83.6 cm³/mol. The van der Waals surface area contributed by atoms with E-state index in [2.05, 4.69) is 20.8 Å². The van der Waals surface area contributed by atoms with Crippen LogP contribution in [0.2, 0.25) is 0 Å². The molecular formula is C18H28O5. The van der Waals surface area contributed by atoms with Gasteiger partial charge in [0, 0.05) is 12.3 Å². The van der Waals surface area contributed by atoms with Crippen LogP contribution in [0.1, 0.15) is 53.4 Å². The van der Waals surface area contributed by atoms with Crippen LogP contribution in [0, 0.1) is 22.7 Å². The average molecular weight is 324 g/mol. The summed E-state index contributed by atoms with van der Waals surface area (Å²) >= 11 is 0. The molecule has 3 rings (SSSR count). The standard InChI is InChI=1S/C18H28O5/c1-11(19)23-13-7-8-17(4)12(16(13,2)3)6-9-18(10-22-18)14(17)15(20)21-5/h12-14H,6-10H2,1-5H3/t12-,13-,14+,17-,18+/m0/s1. The number of fused-ring (bicyclic) bond motifs is 1. The smallest absolute Gasteiger partial charge is 0.312 e. The number of epoxide rings is 1. The summed E-state index contributed by atoms with van der Waals surface area (Å²) in [6.45, 7) is 8.66. The van der Waals surface area contributed by atoms with Crippen LogP contribution in [0.3, 0.4) is 0 Å². The van der Waals surface area contributed by atoms with E-state index in [-0.39, 0.29) is 40.4 Å². The largest absolute Gasteiger partial charge is 0.469 e. The highest BCUT2D eigenvalue weighted by Crippen LogP contribution is 2.65. The van der Waals surface area contributed by atoms with Crippen molar-refractivity contribution in [2.45, 2.75) is 65.1 Å². The molecule has 2 saturated carbocycles. The van der Waals surface area contributed by atoms with Crippen molar-refractivity contribution in [1.82, 2.24) is 0 Å². The van der Waals surface area contributed by atoms with E-state index in [0.29, 0.717) is 12.5 Å². The van der Waals surface area contributed by atoms with Gasteiger partial charge in [0.1, 0.15) is 11.7 Å². The van der Waals surface area contributed by atoms with E-state index in [9.17, 15) is 9.59 Å². The van der Waals surface area contributed by atoms with Crippen LogP contribution in [0.25, 0.3) is 0 Å². The quantitative estimate of drug-likeness (QED) is 0.577. The fourth-order valence-corrected chi connectivity index (χ4v) is 5.66. The summed E-state index contributed by atoms with van der Waals surface area (Å²) in [5, 5.41) is 0. The Kier molecular flexibility index (Phi) is 3.79. The third-order valence-electron chi connectivity index (χ3n) is 6.77. The molecule has 130 valence electrons. The van der Waals surface area contributed by atoms with E-state index in [1.807, 2.05) is 0 Å². The van der Waals surface area contributed by atoms with Gasteiger partial charge in [0.05, 0.1) is 19.6 Å². The summed E-state index contributed by atoms with van der Waals surface area (Å²) in [6, 6.07) is 0. The van der Waals surface area contributed by atoms with E-state index in [1.165, 1.54) is 14.0 Å². The Bertz CT molecular complexity index is 522. The van der Waals surface area contributed by atoms with Crippen LogP contribution < -0.4 is 0 Å². The van der Waals surface area contributed by atoms with Gasteiger partial charge in [-0.05, 0) is 37.0 Å². The molecule has 5 heteroatoms. The predicted octanol–water partition coefficient (Wildman–Crippen LogP) is 2.71. The number of ether oxygens (including phenoxy) is 3. The molecule has 0 bridgehead atoms. The lowest BCUT2D eigenvalue weighted by atomic mass is 9.45. The zero-order chi connectivity index (χ0) is 17.0. The first-order valence-electron chi connectivity index (χ1n) is 8.56. The molecule has 5 nitrogen and oxygen atoms in total. The first-order valence-corrected chi connectivity index (χ1v) is 8.56. The molecule has 1 aliphatic heterocycles. The second-order valence-corrected chi connectivity index (χ2v) is 8.36. The van der Waals surface area contributed by atoms with Gasteiger partial charge in [-0.25, -0.2) is 0 Å². The topological polar surface area (TPSA) is 65.1 Å². The van der Waals surface area contributed by atoms with Gasteiger partial charge in [0.2, 0.25) is 0 Å². The zero-order valence-corrected chi connectivity index (χ0v) is 14.8. The number of hydrogen-bond acceptors (Lipinski definition) is 5. The normalized spacial score (nSPS) is 44.3. The van der Waals surface area contributed by atoms with Gasteiger partial charge in [-0.2, -0.15) is 0 Å². The maximum Gasteiger partial charge on any atom is 0.312 e. The first-order chi connectivity index (χ1) is 10.7. The minimum absolute atomic E-state index is 0.0921. The molecule has 1 saturated heterocycles. The Morgan fingerprint density at radius 2 is 1.78 bits per heavy atom. The van der Waals surface area contributed by atoms with E-state index in [0.717, 1.165) is 25.7 Å². The Morgan fingerprint density at radius 1 is 1.13 bits per heavy atom. The Balaban J connectivity index is 1.95. The molecule has 2 aliphatic carbocycles. The first kappa shape index (κ1) is 16.7. The summed E-state index contributed by atoms with van der Waals surface area (Å²) in [6.07, 6.45) is 3.41. The van der Waals surface area contributed by atoms with Crippen molar-refractivity contribution >= 4 is 11.9 Å². The number of carbonyl (C=O) groups is 2. The SMILES string of the molecule is COC(=O)[C@H]1[C@@]2(CC[C@H]3C(C)(C)[C@@H](OC(C)=O)CC[C@@]31C)CO2. The zero-order valence-electron chi connectivity index (χ0n) is 14.8. The third-order valence-corrected chi connectivity index (χ3v) is 6.77.